The highest BCUT2D eigenvalue weighted by Gasteiger charge is 2.23. The lowest BCUT2D eigenvalue weighted by Crippen LogP contribution is -2.32. The van der Waals surface area contributed by atoms with Crippen LogP contribution < -0.4 is 10.9 Å². The molecule has 0 radical (unpaired) electrons. The van der Waals surface area contributed by atoms with Crippen LogP contribution in [-0.2, 0) is 7.05 Å². The van der Waals surface area contributed by atoms with Crippen molar-refractivity contribution in [3.63, 3.8) is 0 Å². The lowest BCUT2D eigenvalue weighted by atomic mass is 10.0. The number of nitrogens with zero attached hydrogens (tertiary/aromatic N) is 6. The minimum atomic E-state index is -0.502. The summed E-state index contributed by atoms with van der Waals surface area (Å²) in [5, 5.41) is 13.1. The third kappa shape index (κ3) is 4.47. The van der Waals surface area contributed by atoms with Gasteiger partial charge < -0.3 is 5.32 Å². The number of amides is 1. The number of aromatic nitrogens is 6. The molecule has 198 valence electrons. The van der Waals surface area contributed by atoms with Crippen LogP contribution in [0.15, 0.2) is 90.2 Å². The maximum absolute atomic E-state index is 14.2. The quantitative estimate of drug-likeness (QED) is 0.336. The first-order valence-electron chi connectivity index (χ1n) is 12.9. The van der Waals surface area contributed by atoms with Gasteiger partial charge in [-0.3, -0.25) is 18.8 Å². The SMILES string of the molecule is Cc1nn2cccnc2c1C(=O)NC(C)c1cc2cccc(/C=C/c3cnn(C)c3)c2c(=O)n1-c1ccccc1. The van der Waals surface area contributed by atoms with E-state index < -0.39 is 6.04 Å². The molecule has 0 bridgehead atoms. The molecule has 4 aromatic heterocycles. The summed E-state index contributed by atoms with van der Waals surface area (Å²) in [4.78, 5) is 32.0. The Morgan fingerprint density at radius 3 is 2.65 bits per heavy atom. The van der Waals surface area contributed by atoms with Crippen LogP contribution in [0.25, 0.3) is 34.3 Å². The molecule has 0 spiro atoms. The van der Waals surface area contributed by atoms with E-state index in [1.165, 1.54) is 0 Å². The number of pyridine rings is 1. The van der Waals surface area contributed by atoms with Gasteiger partial charge >= 0.3 is 0 Å². The number of carbonyl (C=O) groups excluding carboxylic acids is 1. The normalized spacial score (nSPS) is 12.4. The Labute approximate surface area is 230 Å². The Bertz CT molecular complexity index is 1970. The molecule has 6 rings (SSSR count). The molecule has 2 aromatic carbocycles. The number of fused-ring (bicyclic) bond motifs is 2. The molecule has 0 fully saturated rings. The summed E-state index contributed by atoms with van der Waals surface area (Å²) in [5.41, 5.74) is 4.41. The minimum Gasteiger partial charge on any atom is -0.344 e. The van der Waals surface area contributed by atoms with Crippen molar-refractivity contribution < 1.29 is 4.79 Å². The molecule has 1 unspecified atom stereocenters. The average Bonchev–Trinajstić information content (AvgIpc) is 3.53. The first kappa shape index (κ1) is 25.0. The van der Waals surface area contributed by atoms with Gasteiger partial charge in [-0.15, -0.1) is 0 Å². The van der Waals surface area contributed by atoms with Crippen molar-refractivity contribution in [2.75, 3.05) is 0 Å². The topological polar surface area (TPSA) is 99.1 Å². The van der Waals surface area contributed by atoms with E-state index in [4.69, 9.17) is 0 Å². The Morgan fingerprint density at radius 1 is 1.05 bits per heavy atom. The lowest BCUT2D eigenvalue weighted by Gasteiger charge is -2.21. The highest BCUT2D eigenvalue weighted by molar-refractivity contribution is 6.01. The summed E-state index contributed by atoms with van der Waals surface area (Å²) in [6, 6.07) is 18.5. The van der Waals surface area contributed by atoms with Crippen LogP contribution in [0.4, 0.5) is 0 Å². The monoisotopic (exact) mass is 529 g/mol. The van der Waals surface area contributed by atoms with Crippen molar-refractivity contribution in [2.45, 2.75) is 19.9 Å². The summed E-state index contributed by atoms with van der Waals surface area (Å²) in [7, 11) is 1.86. The van der Waals surface area contributed by atoms with E-state index in [9.17, 15) is 9.59 Å². The first-order chi connectivity index (χ1) is 19.4. The molecule has 1 atom stereocenters. The lowest BCUT2D eigenvalue weighted by molar-refractivity contribution is 0.0939. The largest absolute Gasteiger partial charge is 0.344 e. The molecule has 9 nitrogen and oxygen atoms in total. The van der Waals surface area contributed by atoms with Gasteiger partial charge in [0, 0.05) is 42.6 Å². The third-order valence-electron chi connectivity index (χ3n) is 6.89. The van der Waals surface area contributed by atoms with Crippen LogP contribution in [0, 0.1) is 6.92 Å². The Balaban J connectivity index is 1.46. The maximum Gasteiger partial charge on any atom is 0.263 e. The highest BCUT2D eigenvalue weighted by atomic mass is 16.2. The molecule has 9 heteroatoms. The van der Waals surface area contributed by atoms with Crippen molar-refractivity contribution >= 4 is 34.5 Å². The number of nitrogens with one attached hydrogen (secondary N) is 1. The second-order valence-electron chi connectivity index (χ2n) is 9.68. The van der Waals surface area contributed by atoms with E-state index in [-0.39, 0.29) is 11.5 Å². The van der Waals surface area contributed by atoms with Crippen molar-refractivity contribution in [1.29, 1.82) is 0 Å². The molecule has 1 N–H and O–H groups in total. The van der Waals surface area contributed by atoms with Gasteiger partial charge in [0.2, 0.25) is 0 Å². The van der Waals surface area contributed by atoms with Gasteiger partial charge in [-0.05, 0) is 49.1 Å². The Kier molecular flexibility index (Phi) is 6.31. The van der Waals surface area contributed by atoms with Gasteiger partial charge in [0.15, 0.2) is 5.65 Å². The molecule has 1 amide bonds. The van der Waals surface area contributed by atoms with E-state index in [0.29, 0.717) is 33.7 Å². The predicted molar refractivity (Wildman–Crippen MR) is 155 cm³/mol. The summed E-state index contributed by atoms with van der Waals surface area (Å²) in [6.07, 6.45) is 10.9. The van der Waals surface area contributed by atoms with E-state index in [2.05, 4.69) is 20.5 Å². The second-order valence-corrected chi connectivity index (χ2v) is 9.68. The van der Waals surface area contributed by atoms with E-state index in [0.717, 1.165) is 16.5 Å². The summed E-state index contributed by atoms with van der Waals surface area (Å²) in [6.45, 7) is 3.66. The summed E-state index contributed by atoms with van der Waals surface area (Å²) >= 11 is 0. The van der Waals surface area contributed by atoms with Crippen LogP contribution in [-0.4, -0.2) is 34.9 Å². The second kappa shape index (κ2) is 10.1. The van der Waals surface area contributed by atoms with Gasteiger partial charge in [0.05, 0.1) is 23.3 Å². The number of para-hydroxylation sites is 1. The average molecular weight is 530 g/mol. The van der Waals surface area contributed by atoms with Crippen molar-refractivity contribution in [3.8, 4) is 5.69 Å². The molecular weight excluding hydrogens is 502 g/mol. The van der Waals surface area contributed by atoms with Crippen LogP contribution in [0.3, 0.4) is 0 Å². The van der Waals surface area contributed by atoms with Gasteiger partial charge in [-0.1, -0.05) is 48.6 Å². The zero-order valence-electron chi connectivity index (χ0n) is 22.3. The van der Waals surface area contributed by atoms with Crippen molar-refractivity contribution in [3.05, 3.63) is 124 Å². The summed E-state index contributed by atoms with van der Waals surface area (Å²) < 4.78 is 5.00. The highest BCUT2D eigenvalue weighted by Crippen LogP contribution is 2.25. The number of hydrogen-bond donors (Lipinski definition) is 1. The van der Waals surface area contributed by atoms with Crippen LogP contribution in [0.5, 0.6) is 0 Å². The standard InChI is InChI=1S/C31H27N7O2/c1-20(34-30(39)27-21(2)35-37-16-8-15-32-29(27)37)26-17-24-10-7-9-23(14-13-22-18-33-36(3)19-22)28(24)31(40)38(26)25-11-5-4-6-12-25/h4-20H,1-3H3,(H,34,39)/b14-13+. The van der Waals surface area contributed by atoms with E-state index >= 15 is 0 Å². The van der Waals surface area contributed by atoms with Gasteiger partial charge in [0.25, 0.3) is 11.5 Å². The van der Waals surface area contributed by atoms with Crippen molar-refractivity contribution in [1.82, 2.24) is 34.3 Å². The van der Waals surface area contributed by atoms with Gasteiger partial charge in [0.1, 0.15) is 5.56 Å². The molecule has 0 aliphatic heterocycles. The molecule has 40 heavy (non-hydrogen) atoms. The third-order valence-corrected chi connectivity index (χ3v) is 6.89. The zero-order chi connectivity index (χ0) is 27.8. The fourth-order valence-corrected chi connectivity index (χ4v) is 5.03. The number of benzene rings is 2. The molecule has 0 saturated heterocycles. The van der Waals surface area contributed by atoms with Gasteiger partial charge in [-0.25, -0.2) is 9.50 Å². The Hall–Kier alpha value is -5.31. The molecular formula is C31H27N7O2. The molecule has 4 heterocycles. The number of aryl methyl sites for hydroxylation is 2. The zero-order valence-corrected chi connectivity index (χ0v) is 22.3. The Morgan fingerprint density at radius 2 is 1.88 bits per heavy atom. The smallest absolute Gasteiger partial charge is 0.263 e. The van der Waals surface area contributed by atoms with Crippen molar-refractivity contribution in [2.24, 2.45) is 7.05 Å². The number of hydrogen-bond acceptors (Lipinski definition) is 5. The summed E-state index contributed by atoms with van der Waals surface area (Å²) in [5.74, 6) is -0.306. The van der Waals surface area contributed by atoms with E-state index in [1.54, 1.807) is 45.3 Å². The number of carbonyl (C=O) groups is 1. The predicted octanol–water partition coefficient (Wildman–Crippen LogP) is 4.74. The molecule has 0 saturated carbocycles. The molecule has 6 aromatic rings. The van der Waals surface area contributed by atoms with Gasteiger partial charge in [-0.2, -0.15) is 10.2 Å². The van der Waals surface area contributed by atoms with Crippen LogP contribution >= 0.6 is 0 Å². The minimum absolute atomic E-state index is 0.167. The first-order valence-corrected chi connectivity index (χ1v) is 12.9. The fraction of sp³-hybridized carbons (Fsp3) is 0.129. The number of rotatable bonds is 6. The van der Waals surface area contributed by atoms with E-state index in [1.807, 2.05) is 86.9 Å². The molecule has 0 aliphatic carbocycles. The van der Waals surface area contributed by atoms with Crippen LogP contribution in [0.1, 0.15) is 45.8 Å². The maximum atomic E-state index is 14.2. The molecule has 0 aliphatic rings. The van der Waals surface area contributed by atoms with Crippen LogP contribution in [0.2, 0.25) is 0 Å². The fourth-order valence-electron chi connectivity index (χ4n) is 5.03.